The van der Waals surface area contributed by atoms with E-state index in [0.29, 0.717) is 0 Å². The standard InChI is InChI=1S/C2H5NO2.ClHO.Zr/c3-1-2(4)5;1-2;/h1,3H2,(H,4,5);2H;/p-1. The zero-order chi connectivity index (χ0) is 6.28. The normalized spacial score (nSPS) is 5.38. The van der Waals surface area contributed by atoms with Gasteiger partial charge in [-0.1, -0.05) is 0 Å². The molecule has 8 heavy (non-hydrogen) atoms. The molecule has 0 spiro atoms. The number of carboxylic acid groups (broad SMARTS) is 1. The summed E-state index contributed by atoms with van der Waals surface area (Å²) in [6.07, 6.45) is 0. The first-order valence-electron chi connectivity index (χ1n) is 1.34. The molecule has 0 atom stereocenters. The Morgan fingerprint density at radius 1 is 1.75 bits per heavy atom. The smallest absolute Gasteiger partial charge is 0.0579 e. The molecule has 0 aliphatic carbocycles. The number of aliphatic carboxylic acids is 1. The molecule has 0 saturated heterocycles. The summed E-state index contributed by atoms with van der Waals surface area (Å²) >= 11 is 3.64. The number of nitrogens with two attached hydrogens (primary N) is 1. The van der Waals surface area contributed by atoms with Crippen molar-refractivity contribution in [3.63, 3.8) is 0 Å². The van der Waals surface area contributed by atoms with Gasteiger partial charge in [0.25, 0.3) is 0 Å². The second-order valence-corrected chi connectivity index (χ2v) is 0.576. The van der Waals surface area contributed by atoms with E-state index in [1.165, 1.54) is 0 Å². The molecule has 0 radical (unpaired) electrons. The SMILES string of the molecule is NCC(=O)[O-].OCl.[Zr]. The average molecular weight is 218 g/mol. The molecule has 0 saturated carbocycles. The molecular weight excluding hydrogens is 213 g/mol. The molecule has 0 aromatic carbocycles. The number of hydrogen-bond acceptors (Lipinski definition) is 4. The quantitative estimate of drug-likeness (QED) is 0.523. The molecular formula is C2H5ClNO3Zr-. The van der Waals surface area contributed by atoms with Gasteiger partial charge < -0.3 is 15.6 Å². The van der Waals surface area contributed by atoms with E-state index in [0.717, 1.165) is 0 Å². The first-order chi connectivity index (χ1) is 3.27. The van der Waals surface area contributed by atoms with Gasteiger partial charge in [0.1, 0.15) is 0 Å². The van der Waals surface area contributed by atoms with Crippen LogP contribution in [-0.4, -0.2) is 17.2 Å². The molecule has 3 N–H and O–H groups in total. The van der Waals surface area contributed by atoms with E-state index in [1.807, 2.05) is 0 Å². The number of rotatable bonds is 1. The van der Waals surface area contributed by atoms with Crippen molar-refractivity contribution in [2.24, 2.45) is 5.73 Å². The van der Waals surface area contributed by atoms with Crippen LogP contribution in [0.5, 0.6) is 0 Å². The summed E-state index contributed by atoms with van der Waals surface area (Å²) in [5.74, 6) is -1.22. The number of carbonyl (C=O) groups is 1. The van der Waals surface area contributed by atoms with Gasteiger partial charge in [-0.25, -0.2) is 0 Å². The van der Waals surface area contributed by atoms with Crippen molar-refractivity contribution in [3.05, 3.63) is 0 Å². The van der Waals surface area contributed by atoms with Gasteiger partial charge in [-0.2, -0.15) is 0 Å². The van der Waals surface area contributed by atoms with Crippen LogP contribution >= 0.6 is 11.9 Å². The van der Waals surface area contributed by atoms with Crippen LogP contribution in [0, 0.1) is 0 Å². The Morgan fingerprint density at radius 2 is 1.88 bits per heavy atom. The van der Waals surface area contributed by atoms with Gasteiger partial charge in [0, 0.05) is 32.7 Å². The Hall–Kier alpha value is 0.563. The number of halogens is 1. The zero-order valence-corrected chi connectivity index (χ0v) is 7.14. The average Bonchev–Trinajstić information content (AvgIpc) is 1.73. The van der Waals surface area contributed by atoms with Gasteiger partial charge in [0.05, 0.1) is 17.8 Å². The summed E-state index contributed by atoms with van der Waals surface area (Å²) in [6.45, 7) is -0.389. The molecule has 4 nitrogen and oxygen atoms in total. The Morgan fingerprint density at radius 3 is 1.88 bits per heavy atom. The minimum atomic E-state index is -1.22. The fourth-order valence-electron chi connectivity index (χ4n) is 0. The molecule has 0 rings (SSSR count). The van der Waals surface area contributed by atoms with Crippen molar-refractivity contribution >= 4 is 17.8 Å². The molecule has 0 bridgehead atoms. The third-order valence-corrected chi connectivity index (χ3v) is 0.167. The van der Waals surface area contributed by atoms with Gasteiger partial charge in [-0.15, -0.1) is 0 Å². The summed E-state index contributed by atoms with van der Waals surface area (Å²) < 4.78 is 6.47. The molecule has 0 aromatic heterocycles. The van der Waals surface area contributed by atoms with Crippen LogP contribution in [0.2, 0.25) is 0 Å². The molecule has 6 heteroatoms. The van der Waals surface area contributed by atoms with E-state index in [9.17, 15) is 0 Å². The second-order valence-electron chi connectivity index (χ2n) is 0.576. The van der Waals surface area contributed by atoms with Crippen LogP contribution < -0.4 is 10.8 Å². The molecule has 0 fully saturated rings. The number of carbonyl (C=O) groups excluding carboxylic acids is 1. The first kappa shape index (κ1) is 15.8. The van der Waals surface area contributed by atoms with Gasteiger partial charge in [0.2, 0.25) is 0 Å². The van der Waals surface area contributed by atoms with Gasteiger partial charge in [-0.05, 0) is 0 Å². The second kappa shape index (κ2) is 15.6. The number of carboxylic acids is 1. The first-order valence-corrected chi connectivity index (χ1v) is 1.68. The van der Waals surface area contributed by atoms with Crippen LogP contribution in [-0.2, 0) is 31.0 Å². The Labute approximate surface area is 70.9 Å². The molecule has 0 aromatic rings. The van der Waals surface area contributed by atoms with Crippen LogP contribution in [0.15, 0.2) is 0 Å². The maximum atomic E-state index is 9.13. The van der Waals surface area contributed by atoms with E-state index in [1.54, 1.807) is 0 Å². The monoisotopic (exact) mass is 216 g/mol. The van der Waals surface area contributed by atoms with Gasteiger partial charge in [0.15, 0.2) is 0 Å². The minimum Gasteiger partial charge on any atom is -0.549 e. The predicted molar refractivity (Wildman–Crippen MR) is 22.1 cm³/mol. The van der Waals surface area contributed by atoms with E-state index >= 15 is 0 Å². The summed E-state index contributed by atoms with van der Waals surface area (Å²) in [4.78, 5) is 9.13. The molecule has 0 heterocycles. The van der Waals surface area contributed by atoms with Gasteiger partial charge >= 0.3 is 0 Å². The Balaban J connectivity index is -0.0000000750. The van der Waals surface area contributed by atoms with Crippen molar-refractivity contribution in [1.29, 1.82) is 0 Å². The Bertz CT molecular complexity index is 52.5. The van der Waals surface area contributed by atoms with Crippen LogP contribution in [0.1, 0.15) is 0 Å². The predicted octanol–water partition coefficient (Wildman–Crippen LogP) is -2.18. The maximum Gasteiger partial charge on any atom is 0.0579 e. The summed E-state index contributed by atoms with van der Waals surface area (Å²) in [6, 6.07) is 0. The Kier molecular flexibility index (Phi) is 31.0. The molecule has 0 unspecified atom stereocenters. The van der Waals surface area contributed by atoms with Crippen molar-refractivity contribution in [2.45, 2.75) is 0 Å². The van der Waals surface area contributed by atoms with Crippen molar-refractivity contribution in [2.75, 3.05) is 6.54 Å². The summed E-state index contributed by atoms with van der Waals surface area (Å²) in [5, 5.41) is 9.13. The third kappa shape index (κ3) is 30.9. The largest absolute Gasteiger partial charge is 0.549 e. The number of hydrogen-bond donors (Lipinski definition) is 2. The minimum absolute atomic E-state index is 0. The van der Waals surface area contributed by atoms with E-state index < -0.39 is 5.97 Å². The topological polar surface area (TPSA) is 86.4 Å². The fraction of sp³-hybridized carbons (Fsp3) is 0.500. The van der Waals surface area contributed by atoms with Crippen molar-refractivity contribution in [1.82, 2.24) is 0 Å². The van der Waals surface area contributed by atoms with Crippen LogP contribution in [0.3, 0.4) is 0 Å². The molecule has 0 amide bonds. The van der Waals surface area contributed by atoms with Crippen molar-refractivity contribution in [3.8, 4) is 0 Å². The van der Waals surface area contributed by atoms with E-state index in [2.05, 4.69) is 17.6 Å². The molecule has 0 aliphatic rings. The van der Waals surface area contributed by atoms with E-state index in [-0.39, 0.29) is 32.7 Å². The van der Waals surface area contributed by atoms with Crippen molar-refractivity contribution < 1.29 is 40.8 Å². The molecule has 48 valence electrons. The fourth-order valence-corrected chi connectivity index (χ4v) is 0. The third-order valence-electron chi connectivity index (χ3n) is 0.167. The summed E-state index contributed by atoms with van der Waals surface area (Å²) in [5.41, 5.74) is 4.51. The molecule has 0 aliphatic heterocycles. The maximum absolute atomic E-state index is 9.13. The van der Waals surface area contributed by atoms with Crippen LogP contribution in [0.25, 0.3) is 0 Å². The zero-order valence-electron chi connectivity index (χ0n) is 3.93. The van der Waals surface area contributed by atoms with Crippen LogP contribution in [0.4, 0.5) is 0 Å². The van der Waals surface area contributed by atoms with Gasteiger partial charge in [-0.3, -0.25) is 4.66 Å². The summed E-state index contributed by atoms with van der Waals surface area (Å²) in [7, 11) is 0. The van der Waals surface area contributed by atoms with E-state index in [4.69, 9.17) is 14.6 Å².